The van der Waals surface area contributed by atoms with Crippen molar-refractivity contribution in [1.82, 2.24) is 0 Å². The molecule has 2 aromatic rings. The minimum atomic E-state index is -0.472. The van der Waals surface area contributed by atoms with Crippen LogP contribution in [0.4, 0.5) is 0 Å². The van der Waals surface area contributed by atoms with Crippen LogP contribution in [0.1, 0.15) is 31.2 Å². The van der Waals surface area contributed by atoms with Crippen LogP contribution in [0.15, 0.2) is 34.1 Å². The Balaban J connectivity index is 2.00. The van der Waals surface area contributed by atoms with Gasteiger partial charge in [-0.25, -0.2) is 4.79 Å². The van der Waals surface area contributed by atoms with E-state index in [2.05, 4.69) is 15.9 Å². The molecule has 1 heterocycles. The average molecular weight is 353 g/mol. The minimum absolute atomic E-state index is 0.196. The fourth-order valence-corrected chi connectivity index (χ4v) is 3.15. The van der Waals surface area contributed by atoms with Gasteiger partial charge in [0.1, 0.15) is 0 Å². The van der Waals surface area contributed by atoms with E-state index in [4.69, 9.17) is 4.74 Å². The highest BCUT2D eigenvalue weighted by atomic mass is 79.9. The van der Waals surface area contributed by atoms with Gasteiger partial charge >= 0.3 is 5.97 Å². The van der Waals surface area contributed by atoms with E-state index in [1.807, 2.05) is 19.9 Å². The summed E-state index contributed by atoms with van der Waals surface area (Å²) in [7, 11) is 0. The quantitative estimate of drug-likeness (QED) is 0.612. The molecule has 0 unspecified atom stereocenters. The predicted molar refractivity (Wildman–Crippen MR) is 82.5 cm³/mol. The van der Waals surface area contributed by atoms with E-state index in [0.29, 0.717) is 10.4 Å². The van der Waals surface area contributed by atoms with Crippen LogP contribution in [0.5, 0.6) is 0 Å². The molecule has 0 saturated carbocycles. The number of ketones is 1. The lowest BCUT2D eigenvalue weighted by atomic mass is 10.1. The molecule has 0 amide bonds. The Hall–Kier alpha value is -1.46. The van der Waals surface area contributed by atoms with Crippen LogP contribution < -0.4 is 0 Å². The molecule has 1 aromatic carbocycles. The molecule has 1 aromatic heterocycles. The van der Waals surface area contributed by atoms with E-state index in [1.165, 1.54) is 11.3 Å². The van der Waals surface area contributed by atoms with Crippen LogP contribution >= 0.6 is 27.3 Å². The van der Waals surface area contributed by atoms with Crippen molar-refractivity contribution in [3.63, 3.8) is 0 Å². The second-order valence-electron chi connectivity index (χ2n) is 4.48. The van der Waals surface area contributed by atoms with Gasteiger partial charge in [-0.15, -0.1) is 11.3 Å². The fraction of sp³-hybridized carbons (Fsp3) is 0.200. The zero-order valence-electron chi connectivity index (χ0n) is 11.1. The molecule has 0 bridgehead atoms. The van der Waals surface area contributed by atoms with Crippen molar-refractivity contribution in [1.29, 1.82) is 0 Å². The van der Waals surface area contributed by atoms with Gasteiger partial charge in [0.25, 0.3) is 0 Å². The largest absolute Gasteiger partial charge is 0.454 e. The Bertz CT molecular complexity index is 641. The molecule has 0 fully saturated rings. The van der Waals surface area contributed by atoms with E-state index < -0.39 is 5.97 Å². The van der Waals surface area contributed by atoms with Crippen molar-refractivity contribution in [3.05, 3.63) is 55.7 Å². The summed E-state index contributed by atoms with van der Waals surface area (Å²) >= 11 is 4.62. The Morgan fingerprint density at radius 3 is 2.35 bits per heavy atom. The second-order valence-corrected chi connectivity index (χ2v) is 6.94. The second kappa shape index (κ2) is 6.33. The third-order valence-corrected chi connectivity index (χ3v) is 4.30. The normalized spacial score (nSPS) is 10.3. The fourth-order valence-electron chi connectivity index (χ4n) is 1.84. The van der Waals surface area contributed by atoms with Crippen LogP contribution in [0, 0.1) is 13.8 Å². The molecule has 0 radical (unpaired) electrons. The maximum Gasteiger partial charge on any atom is 0.338 e. The van der Waals surface area contributed by atoms with Crippen LogP contribution in [-0.2, 0) is 4.74 Å². The molecule has 0 aliphatic heterocycles. The smallest absolute Gasteiger partial charge is 0.338 e. The number of rotatable bonds is 4. The van der Waals surface area contributed by atoms with Crippen LogP contribution in [0.3, 0.4) is 0 Å². The molecular formula is C15H13BrO3S. The van der Waals surface area contributed by atoms with Crippen LogP contribution in [0.25, 0.3) is 0 Å². The van der Waals surface area contributed by atoms with Gasteiger partial charge in [0, 0.05) is 0 Å². The zero-order chi connectivity index (χ0) is 14.7. The number of carbonyl (C=O) groups is 2. The molecule has 0 N–H and O–H groups in total. The van der Waals surface area contributed by atoms with Crippen molar-refractivity contribution in [2.75, 3.05) is 6.61 Å². The molecule has 5 heteroatoms. The summed E-state index contributed by atoms with van der Waals surface area (Å²) in [5.74, 6) is -0.667. The maximum absolute atomic E-state index is 11.9. The van der Waals surface area contributed by atoms with Crippen molar-refractivity contribution in [2.45, 2.75) is 13.8 Å². The summed E-state index contributed by atoms with van der Waals surface area (Å²) in [4.78, 5) is 24.3. The zero-order valence-corrected chi connectivity index (χ0v) is 13.5. The third kappa shape index (κ3) is 3.77. The number of hydrogen-bond donors (Lipinski definition) is 0. The van der Waals surface area contributed by atoms with Crippen LogP contribution in [-0.4, -0.2) is 18.4 Å². The lowest BCUT2D eigenvalue weighted by Gasteiger charge is -2.05. The van der Waals surface area contributed by atoms with E-state index in [-0.39, 0.29) is 12.4 Å². The highest BCUT2D eigenvalue weighted by Crippen LogP contribution is 2.22. The Morgan fingerprint density at radius 1 is 1.15 bits per heavy atom. The Labute approximate surface area is 129 Å². The molecule has 0 aliphatic rings. The number of halogens is 1. The lowest BCUT2D eigenvalue weighted by molar-refractivity contribution is 0.0475. The number of hydrogen-bond acceptors (Lipinski definition) is 4. The number of aryl methyl sites for hydroxylation is 2. The molecule has 0 spiro atoms. The number of benzene rings is 1. The van der Waals surface area contributed by atoms with Crippen molar-refractivity contribution >= 4 is 39.0 Å². The molecule has 104 valence electrons. The number of ether oxygens (including phenoxy) is 1. The summed E-state index contributed by atoms with van der Waals surface area (Å²) in [6.07, 6.45) is 0. The number of carbonyl (C=O) groups excluding carboxylic acids is 2. The van der Waals surface area contributed by atoms with Gasteiger partial charge in [-0.05, 0) is 54.0 Å². The SMILES string of the molecule is Cc1cc(C)cc(C(=O)OCC(=O)c2ccc(Br)s2)c1. The number of esters is 1. The molecule has 2 rings (SSSR count). The Morgan fingerprint density at radius 2 is 1.80 bits per heavy atom. The first kappa shape index (κ1) is 14.9. The standard InChI is InChI=1S/C15H13BrO3S/c1-9-5-10(2)7-11(6-9)15(18)19-8-12(17)13-3-4-14(16)20-13/h3-7H,8H2,1-2H3. The van der Waals surface area contributed by atoms with E-state index in [1.54, 1.807) is 24.3 Å². The molecular weight excluding hydrogens is 340 g/mol. The first-order chi connectivity index (χ1) is 9.45. The van der Waals surface area contributed by atoms with Gasteiger partial charge in [-0.3, -0.25) is 4.79 Å². The molecule has 20 heavy (non-hydrogen) atoms. The molecule has 0 saturated heterocycles. The number of thiophene rings is 1. The number of Topliss-reactive ketones (excluding diaryl/α,β-unsaturated/α-hetero) is 1. The highest BCUT2D eigenvalue weighted by Gasteiger charge is 2.13. The van der Waals surface area contributed by atoms with Gasteiger partial charge < -0.3 is 4.74 Å². The van der Waals surface area contributed by atoms with Crippen molar-refractivity contribution in [2.24, 2.45) is 0 Å². The van der Waals surface area contributed by atoms with E-state index in [0.717, 1.165) is 14.9 Å². The van der Waals surface area contributed by atoms with Crippen molar-refractivity contribution in [3.8, 4) is 0 Å². The molecule has 3 nitrogen and oxygen atoms in total. The minimum Gasteiger partial charge on any atom is -0.454 e. The first-order valence-electron chi connectivity index (χ1n) is 5.99. The van der Waals surface area contributed by atoms with Crippen molar-refractivity contribution < 1.29 is 14.3 Å². The van der Waals surface area contributed by atoms with Crippen LogP contribution in [0.2, 0.25) is 0 Å². The average Bonchev–Trinajstić information content (AvgIpc) is 2.81. The Kier molecular flexibility index (Phi) is 4.73. The third-order valence-electron chi connectivity index (χ3n) is 2.64. The maximum atomic E-state index is 11.9. The highest BCUT2D eigenvalue weighted by molar-refractivity contribution is 9.11. The first-order valence-corrected chi connectivity index (χ1v) is 7.60. The van der Waals surface area contributed by atoms with Gasteiger partial charge in [0.05, 0.1) is 14.2 Å². The van der Waals surface area contributed by atoms with Gasteiger partial charge in [0.15, 0.2) is 6.61 Å². The van der Waals surface area contributed by atoms with E-state index in [9.17, 15) is 9.59 Å². The van der Waals surface area contributed by atoms with Gasteiger partial charge in [-0.1, -0.05) is 17.2 Å². The summed E-state index contributed by atoms with van der Waals surface area (Å²) in [5.41, 5.74) is 2.46. The summed E-state index contributed by atoms with van der Waals surface area (Å²) in [6.45, 7) is 3.59. The topological polar surface area (TPSA) is 43.4 Å². The summed E-state index contributed by atoms with van der Waals surface area (Å²) in [6, 6.07) is 8.99. The monoisotopic (exact) mass is 352 g/mol. The predicted octanol–water partition coefficient (Wildman–Crippen LogP) is 4.17. The summed E-state index contributed by atoms with van der Waals surface area (Å²) < 4.78 is 5.94. The van der Waals surface area contributed by atoms with Gasteiger partial charge in [-0.2, -0.15) is 0 Å². The molecule has 0 aliphatic carbocycles. The van der Waals surface area contributed by atoms with E-state index >= 15 is 0 Å². The lowest BCUT2D eigenvalue weighted by Crippen LogP contribution is -2.13. The molecule has 0 atom stereocenters. The summed E-state index contributed by atoms with van der Waals surface area (Å²) in [5, 5.41) is 0. The van der Waals surface area contributed by atoms with Gasteiger partial charge in [0.2, 0.25) is 5.78 Å².